The average molecular weight is 377 g/mol. The van der Waals surface area contributed by atoms with Crippen LogP contribution in [0.5, 0.6) is 0 Å². The fourth-order valence-electron chi connectivity index (χ4n) is 0. The Hall–Kier alpha value is 2.86. The average Bonchev–Trinajstić information content (AvgIpc) is 0.918. The van der Waals surface area contributed by atoms with E-state index in [2.05, 4.69) is 25.8 Å². The molecule has 0 aromatic rings. The summed E-state index contributed by atoms with van der Waals surface area (Å²) in [5.41, 5.74) is 0. The molecule has 0 aliphatic heterocycles. The molecule has 0 unspecified atom stereocenters. The van der Waals surface area contributed by atoms with Crippen molar-refractivity contribution in [2.75, 3.05) is 0 Å². The first-order chi connectivity index (χ1) is 1.41. The van der Waals surface area contributed by atoms with Crippen LogP contribution in [-0.4, -0.2) is 40.3 Å². The zero-order chi connectivity index (χ0) is 2.71. The number of hydrogen-bond donors (Lipinski definition) is 0. The standard InChI is InChI=1S/2HI.2H2O.Sr/h2*1H;2*1H2;/q;;;;+2/p-2. The monoisotopic (exact) mass is 378 g/mol. The molecule has 0 amide bonds. The van der Waals surface area contributed by atoms with E-state index < -0.39 is 0 Å². The van der Waals surface area contributed by atoms with E-state index in [1.807, 2.05) is 0 Å². The van der Waals surface area contributed by atoms with Gasteiger partial charge in [-0.05, 0) is 0 Å². The number of hydrogen-bond acceptors (Lipinski definition) is 0. The van der Waals surface area contributed by atoms with E-state index >= 15 is 0 Å². The van der Waals surface area contributed by atoms with Crippen molar-refractivity contribution in [3.05, 3.63) is 0 Å². The van der Waals surface area contributed by atoms with Crippen LogP contribution in [0, 0.1) is 0 Å². The summed E-state index contributed by atoms with van der Waals surface area (Å²) in [7, 11) is 0. The summed E-state index contributed by atoms with van der Waals surface area (Å²) in [6.45, 7) is 0. The van der Waals surface area contributed by atoms with Crippen LogP contribution in [-0.2, 0) is 0 Å². The molecule has 0 heterocycles. The third kappa shape index (κ3) is 19.8. The number of halogens is 2. The van der Waals surface area contributed by atoms with Crippen LogP contribution >= 0.6 is 25.8 Å². The van der Waals surface area contributed by atoms with Gasteiger partial charge < -0.3 is 11.0 Å². The first-order valence-electron chi connectivity index (χ1n) is 0.535. The van der Waals surface area contributed by atoms with Crippen LogP contribution in [0.1, 0.15) is 0 Å². The molecule has 0 atom stereocenters. The molecule has 2 nitrogen and oxygen atoms in total. The topological polar surface area (TPSA) is 63.0 Å². The molecule has 0 aliphatic carbocycles. The van der Waals surface area contributed by atoms with Gasteiger partial charge in [-0.15, -0.1) is 0 Å². The second-order valence-corrected chi connectivity index (χ2v) is 26.9. The van der Waals surface area contributed by atoms with Crippen LogP contribution in [0.15, 0.2) is 0 Å². The van der Waals surface area contributed by atoms with Gasteiger partial charge in [0.05, 0.1) is 0 Å². The van der Waals surface area contributed by atoms with Crippen LogP contribution in [0.2, 0.25) is 0 Å². The first-order valence-corrected chi connectivity index (χ1v) is 21.2. The third-order valence-corrected chi connectivity index (χ3v) is 0. The van der Waals surface area contributed by atoms with Crippen LogP contribution in [0.25, 0.3) is 0 Å². The van der Waals surface area contributed by atoms with Crippen LogP contribution < -0.4 is 0 Å². The normalized spacial score (nSPS) is 2.00. The van der Waals surface area contributed by atoms with Gasteiger partial charge in [0.1, 0.15) is 0 Å². The van der Waals surface area contributed by atoms with Crippen molar-refractivity contribution >= 4 is 55.2 Å². The maximum absolute atomic E-state index is 2.49. The Morgan fingerprint density at radius 3 is 1.00 bits per heavy atom. The molecule has 0 saturated heterocycles. The summed E-state index contributed by atoms with van der Waals surface area (Å²) in [5, 5.41) is 0. The van der Waals surface area contributed by atoms with Crippen LogP contribution in [0.3, 0.4) is 0 Å². The van der Waals surface area contributed by atoms with Gasteiger partial charge in [0.2, 0.25) is 0 Å². The van der Waals surface area contributed by atoms with Crippen molar-refractivity contribution in [3.8, 4) is 0 Å². The molecule has 0 bridgehead atoms. The Morgan fingerprint density at radius 2 is 1.00 bits per heavy atom. The Balaban J connectivity index is -0.0000000200. The minimum atomic E-state index is -0.0700. The Kier molecular flexibility index (Phi) is 49.5. The zero-order valence-electron chi connectivity index (χ0n) is 2.46. The molecule has 0 rings (SSSR count). The van der Waals surface area contributed by atoms with E-state index in [9.17, 15) is 0 Å². The molecule has 0 fully saturated rings. The fraction of sp³-hybridized carbons (Fsp3) is 0. The molecule has 0 aromatic heterocycles. The molecule has 5 heavy (non-hydrogen) atoms. The fourth-order valence-corrected chi connectivity index (χ4v) is 0. The summed E-state index contributed by atoms with van der Waals surface area (Å²) in [4.78, 5) is 0. The van der Waals surface area contributed by atoms with Crippen molar-refractivity contribution in [2.45, 2.75) is 0 Å². The van der Waals surface area contributed by atoms with Gasteiger partial charge in [-0.25, -0.2) is 0 Å². The van der Waals surface area contributed by atoms with Gasteiger partial charge >= 0.3 is 55.2 Å². The van der Waals surface area contributed by atoms with Gasteiger partial charge in [-0.3, -0.25) is 0 Å². The van der Waals surface area contributed by atoms with Crippen molar-refractivity contribution in [2.24, 2.45) is 0 Å². The van der Waals surface area contributed by atoms with E-state index in [0.717, 1.165) is 0 Å². The quantitative estimate of drug-likeness (QED) is 0.413. The van der Waals surface area contributed by atoms with Crippen molar-refractivity contribution in [3.63, 3.8) is 0 Å². The molecule has 0 saturated carbocycles. The van der Waals surface area contributed by atoms with E-state index in [1.54, 1.807) is 0 Å². The molecule has 0 aliphatic rings. The van der Waals surface area contributed by atoms with Gasteiger partial charge in [-0.2, -0.15) is 0 Å². The third-order valence-electron chi connectivity index (χ3n) is 0. The first kappa shape index (κ1) is 15.7. The van der Waals surface area contributed by atoms with Gasteiger partial charge in [-0.1, -0.05) is 0 Å². The molecular formula is H4I2O2Sr. The number of rotatable bonds is 0. The molecule has 4 N–H and O–H groups in total. The van der Waals surface area contributed by atoms with Crippen LogP contribution in [0.4, 0.5) is 0 Å². The summed E-state index contributed by atoms with van der Waals surface area (Å²) in [6, 6.07) is 0. The van der Waals surface area contributed by atoms with Crippen molar-refractivity contribution < 1.29 is 11.0 Å². The molecule has 32 valence electrons. The van der Waals surface area contributed by atoms with E-state index in [0.29, 0.717) is 0 Å². The summed E-state index contributed by atoms with van der Waals surface area (Å²) in [5.74, 6) is 0. The molecule has 0 aromatic carbocycles. The minimum absolute atomic E-state index is 0. The maximum atomic E-state index is 2.49. The molecular weight excluding hydrogens is 373 g/mol. The molecule has 0 spiro atoms. The SMILES string of the molecule is O.O.[I][Sr][I]. The predicted octanol–water partition coefficient (Wildman–Crippen LogP) is -0.259. The Labute approximate surface area is 63.8 Å². The molecule has 0 radical (unpaired) electrons. The van der Waals surface area contributed by atoms with Gasteiger partial charge in [0, 0.05) is 0 Å². The van der Waals surface area contributed by atoms with Crippen molar-refractivity contribution in [1.29, 1.82) is 0 Å². The summed E-state index contributed by atoms with van der Waals surface area (Å²) in [6.07, 6.45) is 0. The Morgan fingerprint density at radius 1 is 1.00 bits per heavy atom. The van der Waals surface area contributed by atoms with Gasteiger partial charge in [0.25, 0.3) is 0 Å². The van der Waals surface area contributed by atoms with E-state index in [-0.39, 0.29) is 40.3 Å². The zero-order valence-corrected chi connectivity index (χ0v) is 10.3. The predicted molar refractivity (Wildman–Crippen MR) is 41.0 cm³/mol. The second kappa shape index (κ2) is 15.8. The Bertz CT molecular complexity index is 7.61. The second-order valence-electron chi connectivity index (χ2n) is 0.101. The summed E-state index contributed by atoms with van der Waals surface area (Å²) >= 11 is 4.90. The molecule has 5 heteroatoms. The van der Waals surface area contributed by atoms with E-state index in [1.165, 1.54) is 0 Å². The van der Waals surface area contributed by atoms with Gasteiger partial charge in [0.15, 0.2) is 0 Å². The summed E-state index contributed by atoms with van der Waals surface area (Å²) < 4.78 is 0. The van der Waals surface area contributed by atoms with E-state index in [4.69, 9.17) is 0 Å². The van der Waals surface area contributed by atoms with Crippen molar-refractivity contribution in [1.82, 2.24) is 0 Å².